The van der Waals surface area contributed by atoms with E-state index in [1.54, 1.807) is 6.07 Å². The average molecular weight is 266 g/mol. The molecule has 92 valence electrons. The van der Waals surface area contributed by atoms with Crippen molar-refractivity contribution in [3.05, 3.63) is 52.9 Å². The molecule has 0 fully saturated rings. The lowest BCUT2D eigenvalue weighted by atomic mass is 10.2. The van der Waals surface area contributed by atoms with Crippen LogP contribution in [0, 0.1) is 5.82 Å². The summed E-state index contributed by atoms with van der Waals surface area (Å²) in [6.07, 6.45) is 0. The highest BCUT2D eigenvalue weighted by molar-refractivity contribution is 6.30. The molecule has 0 aliphatic rings. The van der Waals surface area contributed by atoms with Crippen LogP contribution in [0.2, 0.25) is 5.15 Å². The summed E-state index contributed by atoms with van der Waals surface area (Å²) in [7, 11) is 0. The molecule has 0 aliphatic carbocycles. The maximum absolute atomic E-state index is 13.3. The molecular formula is C12H9ClFN3O. The summed E-state index contributed by atoms with van der Waals surface area (Å²) in [6, 6.07) is 8.58. The highest BCUT2D eigenvalue weighted by Gasteiger charge is 2.10. The van der Waals surface area contributed by atoms with E-state index in [1.165, 1.54) is 30.3 Å². The normalized spacial score (nSPS) is 10.1. The molecule has 4 nitrogen and oxygen atoms in total. The first-order chi connectivity index (χ1) is 8.56. The molecule has 0 spiro atoms. The van der Waals surface area contributed by atoms with Gasteiger partial charge in [-0.05, 0) is 24.3 Å². The molecule has 1 heterocycles. The number of carbonyl (C=O) groups excluding carboxylic acids is 1. The molecule has 0 atom stereocenters. The number of hydrogen-bond donors (Lipinski definition) is 2. The number of aromatic nitrogens is 1. The lowest BCUT2D eigenvalue weighted by molar-refractivity contribution is 0.102. The predicted molar refractivity (Wildman–Crippen MR) is 68.0 cm³/mol. The topological polar surface area (TPSA) is 68.0 Å². The maximum atomic E-state index is 13.3. The van der Waals surface area contributed by atoms with Crippen LogP contribution in [0.1, 0.15) is 10.4 Å². The van der Waals surface area contributed by atoms with Crippen molar-refractivity contribution >= 4 is 29.0 Å². The Morgan fingerprint density at radius 1 is 1.33 bits per heavy atom. The molecule has 1 amide bonds. The third kappa shape index (κ3) is 2.75. The Labute approximate surface area is 108 Å². The number of nitrogens with two attached hydrogens (primary N) is 1. The van der Waals surface area contributed by atoms with Gasteiger partial charge in [0.1, 0.15) is 16.8 Å². The van der Waals surface area contributed by atoms with Crippen LogP contribution in [-0.4, -0.2) is 10.9 Å². The number of hydrogen-bond acceptors (Lipinski definition) is 3. The van der Waals surface area contributed by atoms with Gasteiger partial charge in [0.2, 0.25) is 0 Å². The number of halogens is 2. The number of nitrogens with one attached hydrogen (secondary N) is 1. The van der Waals surface area contributed by atoms with Gasteiger partial charge in [0.05, 0.1) is 5.69 Å². The molecule has 0 radical (unpaired) electrons. The number of nitrogen functional groups attached to an aromatic ring is 1. The quantitative estimate of drug-likeness (QED) is 0.821. The van der Waals surface area contributed by atoms with Gasteiger partial charge in [-0.2, -0.15) is 0 Å². The van der Waals surface area contributed by atoms with E-state index in [0.29, 0.717) is 0 Å². The van der Waals surface area contributed by atoms with Crippen LogP contribution < -0.4 is 11.1 Å². The first-order valence-corrected chi connectivity index (χ1v) is 5.43. The number of pyridine rings is 1. The Hall–Kier alpha value is -2.14. The van der Waals surface area contributed by atoms with Crippen molar-refractivity contribution in [2.75, 3.05) is 11.1 Å². The number of carbonyl (C=O) groups is 1. The zero-order valence-corrected chi connectivity index (χ0v) is 9.91. The van der Waals surface area contributed by atoms with Crippen LogP contribution in [0.5, 0.6) is 0 Å². The van der Waals surface area contributed by atoms with E-state index in [-0.39, 0.29) is 22.2 Å². The molecule has 0 aliphatic heterocycles. The van der Waals surface area contributed by atoms with E-state index in [1.807, 2.05) is 0 Å². The van der Waals surface area contributed by atoms with E-state index in [2.05, 4.69) is 10.3 Å². The Kier molecular flexibility index (Phi) is 3.43. The van der Waals surface area contributed by atoms with Crippen molar-refractivity contribution in [1.29, 1.82) is 0 Å². The van der Waals surface area contributed by atoms with Gasteiger partial charge in [0, 0.05) is 5.56 Å². The summed E-state index contributed by atoms with van der Waals surface area (Å²) < 4.78 is 13.3. The van der Waals surface area contributed by atoms with Crippen molar-refractivity contribution in [3.8, 4) is 0 Å². The molecular weight excluding hydrogens is 257 g/mol. The molecule has 2 aromatic rings. The van der Waals surface area contributed by atoms with E-state index < -0.39 is 11.7 Å². The molecule has 1 aromatic heterocycles. The van der Waals surface area contributed by atoms with Crippen molar-refractivity contribution in [3.63, 3.8) is 0 Å². The molecule has 0 unspecified atom stereocenters. The monoisotopic (exact) mass is 265 g/mol. The van der Waals surface area contributed by atoms with Gasteiger partial charge in [-0.3, -0.25) is 4.79 Å². The third-order valence-corrected chi connectivity index (χ3v) is 2.39. The van der Waals surface area contributed by atoms with Crippen LogP contribution in [0.4, 0.5) is 15.9 Å². The third-order valence-electron chi connectivity index (χ3n) is 2.20. The lowest BCUT2D eigenvalue weighted by Crippen LogP contribution is -2.13. The highest BCUT2D eigenvalue weighted by Crippen LogP contribution is 2.16. The van der Waals surface area contributed by atoms with Crippen LogP contribution in [-0.2, 0) is 0 Å². The number of para-hydroxylation sites is 1. The number of benzene rings is 1. The molecule has 2 rings (SSSR count). The fourth-order valence-corrected chi connectivity index (χ4v) is 1.62. The zero-order valence-electron chi connectivity index (χ0n) is 9.15. The van der Waals surface area contributed by atoms with Crippen LogP contribution in [0.15, 0.2) is 36.4 Å². The Balaban J connectivity index is 2.25. The summed E-state index contributed by atoms with van der Waals surface area (Å²) in [4.78, 5) is 15.6. The molecule has 18 heavy (non-hydrogen) atoms. The smallest absolute Gasteiger partial charge is 0.255 e. The van der Waals surface area contributed by atoms with E-state index in [0.717, 1.165) is 0 Å². The highest BCUT2D eigenvalue weighted by atomic mass is 35.5. The molecule has 3 N–H and O–H groups in total. The number of rotatable bonds is 2. The summed E-state index contributed by atoms with van der Waals surface area (Å²) in [5.74, 6) is -0.892. The van der Waals surface area contributed by atoms with Crippen LogP contribution >= 0.6 is 11.6 Å². The SMILES string of the molecule is Nc1cc(C(=O)Nc2ccccc2F)cc(Cl)n1. The van der Waals surface area contributed by atoms with Gasteiger partial charge in [-0.1, -0.05) is 23.7 Å². The first kappa shape index (κ1) is 12.3. The first-order valence-electron chi connectivity index (χ1n) is 5.05. The standard InChI is InChI=1S/C12H9ClFN3O/c13-10-5-7(6-11(15)17-10)12(18)16-9-4-2-1-3-8(9)14/h1-6H,(H2,15,17)(H,16,18). The summed E-state index contributed by atoms with van der Waals surface area (Å²) in [6.45, 7) is 0. The number of amides is 1. The van der Waals surface area contributed by atoms with Gasteiger partial charge < -0.3 is 11.1 Å². The molecule has 6 heteroatoms. The largest absolute Gasteiger partial charge is 0.384 e. The molecule has 0 saturated heterocycles. The van der Waals surface area contributed by atoms with Crippen LogP contribution in [0.25, 0.3) is 0 Å². The minimum Gasteiger partial charge on any atom is -0.384 e. The van der Waals surface area contributed by atoms with Gasteiger partial charge in [-0.15, -0.1) is 0 Å². The van der Waals surface area contributed by atoms with Gasteiger partial charge >= 0.3 is 0 Å². The van der Waals surface area contributed by atoms with Crippen LogP contribution in [0.3, 0.4) is 0 Å². The van der Waals surface area contributed by atoms with E-state index >= 15 is 0 Å². The fraction of sp³-hybridized carbons (Fsp3) is 0. The summed E-state index contributed by atoms with van der Waals surface area (Å²) in [5, 5.41) is 2.53. The summed E-state index contributed by atoms with van der Waals surface area (Å²) in [5.41, 5.74) is 5.78. The van der Waals surface area contributed by atoms with Crippen molar-refractivity contribution in [2.45, 2.75) is 0 Å². The lowest BCUT2D eigenvalue weighted by Gasteiger charge is -2.06. The second-order valence-corrected chi connectivity index (χ2v) is 3.92. The maximum Gasteiger partial charge on any atom is 0.255 e. The second kappa shape index (κ2) is 5.01. The molecule has 0 bridgehead atoms. The van der Waals surface area contributed by atoms with Crippen molar-refractivity contribution in [2.24, 2.45) is 0 Å². The Morgan fingerprint density at radius 3 is 2.72 bits per heavy atom. The fourth-order valence-electron chi connectivity index (χ4n) is 1.41. The van der Waals surface area contributed by atoms with Crippen molar-refractivity contribution in [1.82, 2.24) is 4.98 Å². The predicted octanol–water partition coefficient (Wildman–Crippen LogP) is 2.71. The zero-order chi connectivity index (χ0) is 13.1. The molecule has 0 saturated carbocycles. The molecule has 1 aromatic carbocycles. The van der Waals surface area contributed by atoms with E-state index in [4.69, 9.17) is 17.3 Å². The second-order valence-electron chi connectivity index (χ2n) is 3.54. The van der Waals surface area contributed by atoms with Gasteiger partial charge in [-0.25, -0.2) is 9.37 Å². The average Bonchev–Trinajstić information content (AvgIpc) is 2.31. The van der Waals surface area contributed by atoms with Gasteiger partial charge in [0.25, 0.3) is 5.91 Å². The Morgan fingerprint density at radius 2 is 2.06 bits per heavy atom. The Bertz CT molecular complexity index is 583. The minimum absolute atomic E-state index is 0.0917. The number of nitrogens with zero attached hydrogens (tertiary/aromatic N) is 1. The minimum atomic E-state index is -0.515. The van der Waals surface area contributed by atoms with E-state index in [9.17, 15) is 9.18 Å². The number of anilines is 2. The van der Waals surface area contributed by atoms with Gasteiger partial charge in [0.15, 0.2) is 0 Å². The summed E-state index contributed by atoms with van der Waals surface area (Å²) >= 11 is 5.68. The van der Waals surface area contributed by atoms with Crippen molar-refractivity contribution < 1.29 is 9.18 Å².